The third-order valence-corrected chi connectivity index (χ3v) is 4.61. The average molecular weight is 363 g/mol. The van der Waals surface area contributed by atoms with E-state index in [1.165, 1.54) is 0 Å². The highest BCUT2D eigenvalue weighted by Gasteiger charge is 2.11. The van der Waals surface area contributed by atoms with Gasteiger partial charge in [0.25, 0.3) is 5.91 Å². The van der Waals surface area contributed by atoms with Crippen molar-refractivity contribution in [1.82, 2.24) is 10.3 Å². The van der Waals surface area contributed by atoms with Crippen LogP contribution in [0, 0.1) is 13.8 Å². The number of nitrogens with zero attached hydrogens (tertiary/aromatic N) is 1. The second-order valence-corrected chi connectivity index (χ2v) is 6.58. The van der Waals surface area contributed by atoms with Crippen LogP contribution in [0.25, 0.3) is 10.9 Å². The van der Waals surface area contributed by atoms with E-state index in [9.17, 15) is 4.79 Å². The summed E-state index contributed by atoms with van der Waals surface area (Å²) < 4.78 is 5.74. The Balaban J connectivity index is 1.75. The molecule has 27 heavy (non-hydrogen) atoms. The van der Waals surface area contributed by atoms with Crippen molar-refractivity contribution in [3.63, 3.8) is 0 Å². The molecule has 0 radical (unpaired) electrons. The molecule has 2 aromatic carbocycles. The van der Waals surface area contributed by atoms with Crippen LogP contribution in [0.5, 0.6) is 5.75 Å². The number of amides is 1. The minimum Gasteiger partial charge on any atom is -0.493 e. The lowest BCUT2D eigenvalue weighted by molar-refractivity contribution is 0.0950. The van der Waals surface area contributed by atoms with Crippen molar-refractivity contribution in [2.45, 2.75) is 26.8 Å². The minimum absolute atomic E-state index is 0.126. The van der Waals surface area contributed by atoms with E-state index in [-0.39, 0.29) is 5.91 Å². The van der Waals surface area contributed by atoms with Crippen molar-refractivity contribution >= 4 is 16.8 Å². The first kappa shape index (κ1) is 18.9. The van der Waals surface area contributed by atoms with Crippen LogP contribution in [0.15, 0.2) is 48.7 Å². The van der Waals surface area contributed by atoms with Crippen LogP contribution in [-0.2, 0) is 6.54 Å². The SMILES string of the molecule is Cc1ccc(C(=O)NCc2c(C)ccc3ncccc23)cc1OCCCN. The van der Waals surface area contributed by atoms with Gasteiger partial charge >= 0.3 is 0 Å². The van der Waals surface area contributed by atoms with Gasteiger partial charge in [-0.1, -0.05) is 18.2 Å². The van der Waals surface area contributed by atoms with Crippen LogP contribution in [-0.4, -0.2) is 24.0 Å². The maximum Gasteiger partial charge on any atom is 0.251 e. The molecule has 0 aliphatic carbocycles. The Bertz CT molecular complexity index is 953. The number of aromatic nitrogens is 1. The smallest absolute Gasteiger partial charge is 0.251 e. The van der Waals surface area contributed by atoms with Crippen molar-refractivity contribution < 1.29 is 9.53 Å². The molecule has 0 aliphatic heterocycles. The number of aryl methyl sites for hydroxylation is 2. The van der Waals surface area contributed by atoms with Crippen LogP contribution in [0.2, 0.25) is 0 Å². The summed E-state index contributed by atoms with van der Waals surface area (Å²) in [6.07, 6.45) is 2.56. The molecule has 140 valence electrons. The van der Waals surface area contributed by atoms with E-state index in [4.69, 9.17) is 10.5 Å². The predicted molar refractivity (Wildman–Crippen MR) is 108 cm³/mol. The minimum atomic E-state index is -0.126. The predicted octanol–water partition coefficient (Wildman–Crippen LogP) is 3.51. The Morgan fingerprint density at radius 1 is 1.15 bits per heavy atom. The molecular weight excluding hydrogens is 338 g/mol. The number of carbonyl (C=O) groups is 1. The molecule has 3 aromatic rings. The highest BCUT2D eigenvalue weighted by molar-refractivity contribution is 5.95. The number of fused-ring (bicyclic) bond motifs is 1. The Morgan fingerprint density at radius 3 is 2.78 bits per heavy atom. The van der Waals surface area contributed by atoms with Crippen molar-refractivity contribution in [1.29, 1.82) is 0 Å². The summed E-state index contributed by atoms with van der Waals surface area (Å²) in [5, 5.41) is 4.08. The van der Waals surface area contributed by atoms with E-state index in [2.05, 4.69) is 10.3 Å². The molecule has 0 unspecified atom stereocenters. The molecule has 0 bridgehead atoms. The van der Waals surface area contributed by atoms with E-state index < -0.39 is 0 Å². The number of hydrogen-bond donors (Lipinski definition) is 2. The van der Waals surface area contributed by atoms with E-state index in [0.29, 0.717) is 25.3 Å². The topological polar surface area (TPSA) is 77.2 Å². The molecule has 0 saturated carbocycles. The Morgan fingerprint density at radius 2 is 1.96 bits per heavy atom. The van der Waals surface area contributed by atoms with Crippen molar-refractivity contribution in [2.24, 2.45) is 5.73 Å². The molecule has 1 amide bonds. The zero-order valence-electron chi connectivity index (χ0n) is 15.8. The van der Waals surface area contributed by atoms with Gasteiger partial charge in [-0.3, -0.25) is 9.78 Å². The third kappa shape index (κ3) is 4.44. The van der Waals surface area contributed by atoms with Crippen molar-refractivity contribution in [3.8, 4) is 5.75 Å². The molecule has 1 aromatic heterocycles. The number of nitrogens with two attached hydrogens (primary N) is 1. The lowest BCUT2D eigenvalue weighted by Crippen LogP contribution is -2.23. The lowest BCUT2D eigenvalue weighted by atomic mass is 10.0. The fraction of sp³-hybridized carbons (Fsp3) is 0.273. The first-order valence-electron chi connectivity index (χ1n) is 9.15. The quantitative estimate of drug-likeness (QED) is 0.630. The summed E-state index contributed by atoms with van der Waals surface area (Å²) in [6.45, 7) is 5.59. The van der Waals surface area contributed by atoms with E-state index in [1.807, 2.05) is 50.2 Å². The van der Waals surface area contributed by atoms with E-state index in [0.717, 1.165) is 39.8 Å². The number of rotatable bonds is 7. The maximum atomic E-state index is 12.7. The number of benzene rings is 2. The van der Waals surface area contributed by atoms with Crippen molar-refractivity contribution in [3.05, 3.63) is 70.9 Å². The van der Waals surface area contributed by atoms with Crippen LogP contribution in [0.1, 0.15) is 33.5 Å². The third-order valence-electron chi connectivity index (χ3n) is 4.61. The van der Waals surface area contributed by atoms with Gasteiger partial charge in [-0.25, -0.2) is 0 Å². The molecule has 3 N–H and O–H groups in total. The first-order chi connectivity index (χ1) is 13.1. The molecule has 0 fully saturated rings. The van der Waals surface area contributed by atoms with Gasteiger partial charge < -0.3 is 15.8 Å². The second kappa shape index (κ2) is 8.64. The highest BCUT2D eigenvalue weighted by Crippen LogP contribution is 2.22. The number of nitrogens with one attached hydrogen (secondary N) is 1. The number of carbonyl (C=O) groups excluding carboxylic acids is 1. The van der Waals surface area contributed by atoms with Crippen LogP contribution >= 0.6 is 0 Å². The number of hydrogen-bond acceptors (Lipinski definition) is 4. The number of pyridine rings is 1. The standard InChI is InChI=1S/C22H25N3O2/c1-15-7-9-20-18(5-3-11-24-20)19(15)14-25-22(26)17-8-6-16(2)21(13-17)27-12-4-10-23/h3,5-9,11,13H,4,10,12,14,23H2,1-2H3,(H,25,26). The van der Waals surface area contributed by atoms with Gasteiger partial charge in [0.05, 0.1) is 12.1 Å². The molecular formula is C22H25N3O2. The van der Waals surface area contributed by atoms with Crippen LogP contribution in [0.4, 0.5) is 0 Å². The van der Waals surface area contributed by atoms with Crippen molar-refractivity contribution in [2.75, 3.05) is 13.2 Å². The van der Waals surface area contributed by atoms with Gasteiger partial charge in [0, 0.05) is 23.7 Å². The van der Waals surface area contributed by atoms with Gasteiger partial charge in [-0.2, -0.15) is 0 Å². The zero-order valence-corrected chi connectivity index (χ0v) is 15.8. The van der Waals surface area contributed by atoms with E-state index in [1.54, 1.807) is 12.3 Å². The molecule has 1 heterocycles. The second-order valence-electron chi connectivity index (χ2n) is 6.58. The Hall–Kier alpha value is -2.92. The number of ether oxygens (including phenoxy) is 1. The monoisotopic (exact) mass is 363 g/mol. The molecule has 0 atom stereocenters. The molecule has 3 rings (SSSR count). The first-order valence-corrected chi connectivity index (χ1v) is 9.15. The van der Waals surface area contributed by atoms with Crippen LogP contribution < -0.4 is 15.8 Å². The lowest BCUT2D eigenvalue weighted by Gasteiger charge is -2.13. The van der Waals surface area contributed by atoms with Gasteiger partial charge in [-0.05, 0) is 67.8 Å². The average Bonchev–Trinajstić information content (AvgIpc) is 2.68. The van der Waals surface area contributed by atoms with Gasteiger partial charge in [0.1, 0.15) is 5.75 Å². The van der Waals surface area contributed by atoms with Gasteiger partial charge in [0.15, 0.2) is 0 Å². The summed E-state index contributed by atoms with van der Waals surface area (Å²) in [4.78, 5) is 17.0. The zero-order chi connectivity index (χ0) is 19.2. The fourth-order valence-corrected chi connectivity index (χ4v) is 2.99. The largest absolute Gasteiger partial charge is 0.493 e. The fourth-order valence-electron chi connectivity index (χ4n) is 2.99. The molecule has 0 saturated heterocycles. The summed E-state index contributed by atoms with van der Waals surface area (Å²) >= 11 is 0. The maximum absolute atomic E-state index is 12.7. The Kier molecular flexibility index (Phi) is 6.04. The van der Waals surface area contributed by atoms with Gasteiger partial charge in [-0.15, -0.1) is 0 Å². The molecule has 5 heteroatoms. The normalized spacial score (nSPS) is 10.8. The molecule has 0 aliphatic rings. The summed E-state index contributed by atoms with van der Waals surface area (Å²) in [6, 6.07) is 13.5. The van der Waals surface area contributed by atoms with E-state index >= 15 is 0 Å². The highest BCUT2D eigenvalue weighted by atomic mass is 16.5. The summed E-state index contributed by atoms with van der Waals surface area (Å²) in [7, 11) is 0. The molecule has 5 nitrogen and oxygen atoms in total. The molecule has 0 spiro atoms. The van der Waals surface area contributed by atoms with Gasteiger partial charge in [0.2, 0.25) is 0 Å². The Labute approximate surface area is 159 Å². The summed E-state index contributed by atoms with van der Waals surface area (Å²) in [5.74, 6) is 0.598. The summed E-state index contributed by atoms with van der Waals surface area (Å²) in [5.41, 5.74) is 10.2. The van der Waals surface area contributed by atoms with Crippen LogP contribution in [0.3, 0.4) is 0 Å².